The fourth-order valence-corrected chi connectivity index (χ4v) is 1.50. The van der Waals surface area contributed by atoms with Crippen LogP contribution in [0.1, 0.15) is 26.7 Å². The number of aliphatic hydroxyl groups is 1. The molecule has 2 atom stereocenters. The van der Waals surface area contributed by atoms with Crippen LogP contribution >= 0.6 is 0 Å². The second-order valence-corrected chi connectivity index (χ2v) is 4.25. The van der Waals surface area contributed by atoms with E-state index in [0.29, 0.717) is 12.1 Å². The van der Waals surface area contributed by atoms with Crippen molar-refractivity contribution in [3.05, 3.63) is 0 Å². The van der Waals surface area contributed by atoms with Crippen LogP contribution in [0.4, 0.5) is 8.78 Å². The van der Waals surface area contributed by atoms with Gasteiger partial charge < -0.3 is 5.11 Å². The number of hydrogen-bond acceptors (Lipinski definition) is 3. The van der Waals surface area contributed by atoms with E-state index in [1.165, 1.54) is 5.01 Å². The topological polar surface area (TPSA) is 35.8 Å². The van der Waals surface area contributed by atoms with E-state index in [0.717, 1.165) is 0 Å². The minimum Gasteiger partial charge on any atom is -0.387 e. The van der Waals surface area contributed by atoms with Crippen LogP contribution in [-0.4, -0.2) is 41.4 Å². The monoisotopic (exact) mass is 220 g/mol. The molecule has 88 valence electrons. The summed E-state index contributed by atoms with van der Waals surface area (Å²) in [5.74, 6) is -3.12. The molecule has 0 aromatic rings. The van der Waals surface area contributed by atoms with Crippen LogP contribution < -0.4 is 0 Å². The van der Waals surface area contributed by atoms with Gasteiger partial charge in [-0.15, -0.1) is 0 Å². The van der Waals surface area contributed by atoms with Crippen molar-refractivity contribution in [3.8, 4) is 0 Å². The first-order chi connectivity index (χ1) is 6.83. The molecule has 0 saturated heterocycles. The van der Waals surface area contributed by atoms with Crippen molar-refractivity contribution in [1.29, 1.82) is 0 Å². The normalized spacial score (nSPS) is 27.1. The van der Waals surface area contributed by atoms with Crippen molar-refractivity contribution in [1.82, 2.24) is 5.01 Å². The molecule has 3 nitrogen and oxygen atoms in total. The maximum Gasteiger partial charge on any atom is 0.252 e. The van der Waals surface area contributed by atoms with E-state index in [4.69, 9.17) is 0 Å². The Kier molecular flexibility index (Phi) is 3.65. The Morgan fingerprint density at radius 2 is 2.27 bits per heavy atom. The number of halogens is 2. The molecule has 0 amide bonds. The lowest BCUT2D eigenvalue weighted by molar-refractivity contribution is -0.138. The van der Waals surface area contributed by atoms with E-state index in [1.807, 2.05) is 0 Å². The quantitative estimate of drug-likeness (QED) is 0.578. The van der Waals surface area contributed by atoms with Gasteiger partial charge in [-0.05, 0) is 20.3 Å². The number of aliphatic hydroxyl groups excluding tert-OH is 1. The summed E-state index contributed by atoms with van der Waals surface area (Å²) in [5.41, 5.74) is 0.542. The number of hydrogen-bond donors (Lipinski definition) is 1. The van der Waals surface area contributed by atoms with Crippen molar-refractivity contribution >= 4 is 5.71 Å². The maximum absolute atomic E-state index is 12.9. The summed E-state index contributed by atoms with van der Waals surface area (Å²) in [5, 5.41) is 14.7. The van der Waals surface area contributed by atoms with E-state index < -0.39 is 17.9 Å². The molecule has 1 aliphatic rings. The molecule has 1 N–H and O–H groups in total. The lowest BCUT2D eigenvalue weighted by Crippen LogP contribution is -2.44. The molecule has 0 aromatic heterocycles. The molecular weight excluding hydrogens is 202 g/mol. The fraction of sp³-hybridized carbons (Fsp3) is 0.900. The number of nitrogens with zero attached hydrogens (tertiary/aromatic N) is 2. The van der Waals surface area contributed by atoms with Crippen LogP contribution in [0.5, 0.6) is 0 Å². The van der Waals surface area contributed by atoms with E-state index in [2.05, 4.69) is 5.10 Å². The van der Waals surface area contributed by atoms with Gasteiger partial charge in [0, 0.05) is 25.9 Å². The molecule has 1 fully saturated rings. The molecule has 0 heterocycles. The van der Waals surface area contributed by atoms with Gasteiger partial charge in [-0.25, -0.2) is 8.78 Å². The first-order valence-corrected chi connectivity index (χ1v) is 5.15. The zero-order chi connectivity index (χ0) is 11.6. The van der Waals surface area contributed by atoms with Gasteiger partial charge in [-0.1, -0.05) is 0 Å². The van der Waals surface area contributed by atoms with Gasteiger partial charge in [0.25, 0.3) is 5.92 Å². The summed E-state index contributed by atoms with van der Waals surface area (Å²) in [4.78, 5) is 0. The van der Waals surface area contributed by atoms with Gasteiger partial charge in [-0.2, -0.15) is 5.10 Å². The van der Waals surface area contributed by atoms with Crippen LogP contribution in [0.25, 0.3) is 0 Å². The molecular formula is C10H18F2N2O. The summed E-state index contributed by atoms with van der Waals surface area (Å²) in [6.07, 6.45) is -0.0834. The average molecular weight is 220 g/mol. The molecule has 1 saturated carbocycles. The van der Waals surface area contributed by atoms with E-state index in [-0.39, 0.29) is 13.0 Å². The smallest absolute Gasteiger partial charge is 0.252 e. The molecule has 1 unspecified atom stereocenters. The van der Waals surface area contributed by atoms with Gasteiger partial charge in [0.2, 0.25) is 0 Å². The van der Waals surface area contributed by atoms with E-state index >= 15 is 0 Å². The van der Waals surface area contributed by atoms with Gasteiger partial charge in [0.05, 0.1) is 11.8 Å². The molecule has 1 aliphatic carbocycles. The summed E-state index contributed by atoms with van der Waals surface area (Å²) >= 11 is 0. The third kappa shape index (κ3) is 3.12. The highest BCUT2D eigenvalue weighted by Gasteiger charge is 2.48. The summed E-state index contributed by atoms with van der Waals surface area (Å²) in [6.45, 7) is 3.53. The lowest BCUT2D eigenvalue weighted by Gasteiger charge is -2.37. The summed E-state index contributed by atoms with van der Waals surface area (Å²) in [7, 11) is 1.65. The van der Waals surface area contributed by atoms with Crippen molar-refractivity contribution in [2.24, 2.45) is 11.0 Å². The predicted octanol–water partition coefficient (Wildman–Crippen LogP) is 1.72. The van der Waals surface area contributed by atoms with Crippen molar-refractivity contribution in [3.63, 3.8) is 0 Å². The summed E-state index contributed by atoms with van der Waals surface area (Å²) < 4.78 is 25.9. The first kappa shape index (κ1) is 12.4. The molecule has 1 rings (SSSR count). The molecule has 5 heteroatoms. The number of hydrazone groups is 1. The van der Waals surface area contributed by atoms with Crippen LogP contribution in [0.3, 0.4) is 0 Å². The third-order valence-electron chi connectivity index (χ3n) is 2.84. The van der Waals surface area contributed by atoms with Crippen LogP contribution in [0.15, 0.2) is 5.10 Å². The molecule has 0 aliphatic heterocycles. The second kappa shape index (κ2) is 4.43. The highest BCUT2D eigenvalue weighted by Crippen LogP contribution is 2.43. The maximum atomic E-state index is 12.9. The Morgan fingerprint density at radius 3 is 2.60 bits per heavy atom. The molecule has 15 heavy (non-hydrogen) atoms. The van der Waals surface area contributed by atoms with Gasteiger partial charge in [0.1, 0.15) is 0 Å². The van der Waals surface area contributed by atoms with Gasteiger partial charge in [0.15, 0.2) is 0 Å². The average Bonchev–Trinajstić information content (AvgIpc) is 2.12. The minimum absolute atomic E-state index is 0.00932. The first-order valence-electron chi connectivity index (χ1n) is 5.15. The molecule has 0 bridgehead atoms. The van der Waals surface area contributed by atoms with Crippen LogP contribution in [0.2, 0.25) is 0 Å². The highest BCUT2D eigenvalue weighted by atomic mass is 19.3. The Morgan fingerprint density at radius 1 is 1.67 bits per heavy atom. The van der Waals surface area contributed by atoms with Gasteiger partial charge in [-0.3, -0.25) is 5.01 Å². The number of alkyl halides is 2. The van der Waals surface area contributed by atoms with Gasteiger partial charge >= 0.3 is 0 Å². The minimum atomic E-state index is -2.53. The Hall–Kier alpha value is -0.710. The van der Waals surface area contributed by atoms with Crippen molar-refractivity contribution < 1.29 is 13.9 Å². The zero-order valence-corrected chi connectivity index (χ0v) is 9.37. The highest BCUT2D eigenvalue weighted by molar-refractivity contribution is 5.85. The SMILES string of the molecule is C/C(=N/N(C)CC1CCC1(F)F)[C@H](C)O. The molecule has 0 radical (unpaired) electrons. The molecule has 0 spiro atoms. The lowest BCUT2D eigenvalue weighted by atomic mass is 9.81. The Balaban J connectivity index is 2.43. The summed E-state index contributed by atoms with van der Waals surface area (Å²) in [6, 6.07) is 0. The molecule has 0 aromatic carbocycles. The predicted molar refractivity (Wildman–Crippen MR) is 55.1 cm³/mol. The van der Waals surface area contributed by atoms with Crippen molar-refractivity contribution in [2.45, 2.75) is 38.7 Å². The second-order valence-electron chi connectivity index (χ2n) is 4.25. The van der Waals surface area contributed by atoms with Crippen LogP contribution in [-0.2, 0) is 0 Å². The fourth-order valence-electron chi connectivity index (χ4n) is 1.50. The largest absolute Gasteiger partial charge is 0.387 e. The third-order valence-corrected chi connectivity index (χ3v) is 2.84. The van der Waals surface area contributed by atoms with Crippen LogP contribution in [0, 0.1) is 5.92 Å². The van der Waals surface area contributed by atoms with E-state index in [9.17, 15) is 13.9 Å². The number of rotatable bonds is 4. The Labute approximate surface area is 88.8 Å². The Bertz CT molecular complexity index is 254. The standard InChI is InChI=1S/C10H18F2N2O/c1-7(8(2)15)13-14(3)6-9-4-5-10(9,11)12/h8-9,15H,4-6H2,1-3H3/b13-7-/t8-,9?/m0/s1. The zero-order valence-electron chi connectivity index (χ0n) is 9.37. The van der Waals surface area contributed by atoms with E-state index in [1.54, 1.807) is 20.9 Å². The van der Waals surface area contributed by atoms with Crippen molar-refractivity contribution in [2.75, 3.05) is 13.6 Å².